The van der Waals surface area contributed by atoms with Crippen LogP contribution < -0.4 is 0 Å². The summed E-state index contributed by atoms with van der Waals surface area (Å²) in [5.41, 5.74) is 5.61. The van der Waals surface area contributed by atoms with Crippen molar-refractivity contribution in [2.24, 2.45) is 0 Å². The van der Waals surface area contributed by atoms with Crippen molar-refractivity contribution in [1.82, 2.24) is 19.6 Å². The zero-order valence-corrected chi connectivity index (χ0v) is 22.1. The summed E-state index contributed by atoms with van der Waals surface area (Å²) in [7, 11) is 0. The number of hydrogen-bond donors (Lipinski definition) is 0. The summed E-state index contributed by atoms with van der Waals surface area (Å²) in [6.07, 6.45) is 4.15. The average Bonchev–Trinajstić information content (AvgIpc) is 3.35. The number of aryl methyl sites for hydroxylation is 2. The second-order valence-corrected chi connectivity index (χ2v) is 10.1. The molecule has 2 heterocycles. The van der Waals surface area contributed by atoms with E-state index in [0.717, 1.165) is 80.9 Å². The van der Waals surface area contributed by atoms with Gasteiger partial charge in [-0.1, -0.05) is 55.8 Å². The predicted molar refractivity (Wildman–Crippen MR) is 149 cm³/mol. The maximum Gasteiger partial charge on any atom is 0.123 e. The lowest BCUT2D eigenvalue weighted by Crippen LogP contribution is -2.48. The zero-order chi connectivity index (χ0) is 26.3. The third-order valence-corrected chi connectivity index (χ3v) is 7.39. The molecule has 0 amide bonds. The molecular weight excluding hydrogens is 478 g/mol. The van der Waals surface area contributed by atoms with Crippen LogP contribution in [0.15, 0.2) is 84.9 Å². The summed E-state index contributed by atoms with van der Waals surface area (Å²) in [6.45, 7) is 6.98. The quantitative estimate of drug-likeness (QED) is 0.243. The van der Waals surface area contributed by atoms with Crippen molar-refractivity contribution in [2.45, 2.75) is 38.6 Å². The molecule has 1 fully saturated rings. The molecule has 1 saturated heterocycles. The molecule has 5 rings (SSSR count). The third kappa shape index (κ3) is 6.37. The van der Waals surface area contributed by atoms with Gasteiger partial charge in [0.05, 0.1) is 17.4 Å². The minimum Gasteiger partial charge on any atom is -0.301 e. The number of rotatable bonds is 10. The Balaban J connectivity index is 1.21. The van der Waals surface area contributed by atoms with Crippen LogP contribution in [0.1, 0.15) is 48.3 Å². The smallest absolute Gasteiger partial charge is 0.123 e. The predicted octanol–water partition coefficient (Wildman–Crippen LogP) is 6.44. The highest BCUT2D eigenvalue weighted by Crippen LogP contribution is 2.30. The van der Waals surface area contributed by atoms with Gasteiger partial charge in [0.2, 0.25) is 0 Å². The topological polar surface area (TPSA) is 24.3 Å². The lowest BCUT2D eigenvalue weighted by molar-refractivity contribution is 0.108. The Bertz CT molecular complexity index is 1230. The SMILES string of the molecule is CCCc1cc(CCCN2CCN(C(c3ccc(F)cc3)c3ccc(F)cc3)CC2)n(-c2ccccc2)n1. The highest BCUT2D eigenvalue weighted by Gasteiger charge is 2.26. The molecule has 0 radical (unpaired) electrons. The number of para-hydroxylation sites is 1. The monoisotopic (exact) mass is 514 g/mol. The first-order chi connectivity index (χ1) is 18.6. The fraction of sp³-hybridized carbons (Fsp3) is 0.344. The Kier molecular flexibility index (Phi) is 8.61. The molecule has 0 atom stereocenters. The second kappa shape index (κ2) is 12.5. The number of aromatic nitrogens is 2. The Hall–Kier alpha value is -3.35. The average molecular weight is 515 g/mol. The van der Waals surface area contributed by atoms with Crippen molar-refractivity contribution in [3.8, 4) is 5.69 Å². The molecule has 6 heteroatoms. The van der Waals surface area contributed by atoms with Crippen LogP contribution in [0.4, 0.5) is 8.78 Å². The minimum atomic E-state index is -0.244. The van der Waals surface area contributed by atoms with Gasteiger partial charge in [0, 0.05) is 31.9 Å². The molecule has 4 aromatic rings. The van der Waals surface area contributed by atoms with Crippen molar-refractivity contribution < 1.29 is 8.78 Å². The van der Waals surface area contributed by atoms with Crippen LogP contribution in [0.5, 0.6) is 0 Å². The summed E-state index contributed by atoms with van der Waals surface area (Å²) in [5, 5.41) is 4.88. The summed E-state index contributed by atoms with van der Waals surface area (Å²) in [6, 6.07) is 26.1. The van der Waals surface area contributed by atoms with Gasteiger partial charge in [-0.15, -0.1) is 0 Å². The number of nitrogens with zero attached hydrogens (tertiary/aromatic N) is 4. The molecule has 38 heavy (non-hydrogen) atoms. The van der Waals surface area contributed by atoms with E-state index in [1.54, 1.807) is 0 Å². The van der Waals surface area contributed by atoms with Gasteiger partial charge in [0.1, 0.15) is 11.6 Å². The van der Waals surface area contributed by atoms with Gasteiger partial charge < -0.3 is 4.90 Å². The number of halogens is 2. The minimum absolute atomic E-state index is 0.0180. The van der Waals surface area contributed by atoms with E-state index in [4.69, 9.17) is 5.10 Å². The Morgan fingerprint density at radius 1 is 0.763 bits per heavy atom. The Morgan fingerprint density at radius 2 is 1.37 bits per heavy atom. The van der Waals surface area contributed by atoms with Crippen LogP contribution in [0.2, 0.25) is 0 Å². The van der Waals surface area contributed by atoms with Crippen molar-refractivity contribution >= 4 is 0 Å². The van der Waals surface area contributed by atoms with E-state index >= 15 is 0 Å². The van der Waals surface area contributed by atoms with Gasteiger partial charge >= 0.3 is 0 Å². The van der Waals surface area contributed by atoms with Crippen molar-refractivity contribution in [3.05, 3.63) is 119 Å². The van der Waals surface area contributed by atoms with Gasteiger partial charge in [0.15, 0.2) is 0 Å². The lowest BCUT2D eigenvalue weighted by Gasteiger charge is -2.40. The summed E-state index contributed by atoms with van der Waals surface area (Å²) < 4.78 is 29.4. The molecular formula is C32H36F2N4. The highest BCUT2D eigenvalue weighted by molar-refractivity contribution is 5.34. The van der Waals surface area contributed by atoms with Crippen LogP contribution in [0.25, 0.3) is 5.69 Å². The van der Waals surface area contributed by atoms with Gasteiger partial charge in [-0.3, -0.25) is 4.90 Å². The van der Waals surface area contributed by atoms with Crippen molar-refractivity contribution in [2.75, 3.05) is 32.7 Å². The fourth-order valence-corrected chi connectivity index (χ4v) is 5.46. The molecule has 1 aromatic heterocycles. The standard InChI is InChI=1S/C32H36F2N4/c1-2-7-29-24-31(38(35-29)30-8-4-3-5-9-30)10-6-19-36-20-22-37(23-21-36)32(25-11-15-27(33)16-12-25)26-13-17-28(34)18-14-26/h3-5,8-9,11-18,24,32H,2,6-7,10,19-23H2,1H3. The first-order valence-corrected chi connectivity index (χ1v) is 13.7. The molecule has 1 aliphatic rings. The maximum atomic E-state index is 13.6. The Labute approximate surface area is 224 Å². The number of benzene rings is 3. The summed E-state index contributed by atoms with van der Waals surface area (Å²) >= 11 is 0. The zero-order valence-electron chi connectivity index (χ0n) is 22.1. The van der Waals surface area contributed by atoms with Crippen LogP contribution in [0, 0.1) is 11.6 Å². The number of piperazine rings is 1. The van der Waals surface area contributed by atoms with E-state index in [0.29, 0.717) is 0 Å². The van der Waals surface area contributed by atoms with Gasteiger partial charge in [0.25, 0.3) is 0 Å². The molecule has 1 aliphatic heterocycles. The largest absolute Gasteiger partial charge is 0.301 e. The van der Waals surface area contributed by atoms with E-state index < -0.39 is 0 Å². The highest BCUT2D eigenvalue weighted by atomic mass is 19.1. The Morgan fingerprint density at radius 3 is 1.95 bits per heavy atom. The van der Waals surface area contributed by atoms with Crippen LogP contribution in [-0.4, -0.2) is 52.3 Å². The normalized spacial score (nSPS) is 14.8. The van der Waals surface area contributed by atoms with E-state index in [9.17, 15) is 8.78 Å². The molecule has 0 spiro atoms. The van der Waals surface area contributed by atoms with Crippen LogP contribution in [-0.2, 0) is 12.8 Å². The van der Waals surface area contributed by atoms with E-state index in [1.165, 1.54) is 30.0 Å². The molecule has 0 saturated carbocycles. The van der Waals surface area contributed by atoms with Gasteiger partial charge in [-0.25, -0.2) is 13.5 Å². The van der Waals surface area contributed by atoms with Gasteiger partial charge in [-0.05, 0) is 79.4 Å². The number of hydrogen-bond acceptors (Lipinski definition) is 3. The molecule has 0 bridgehead atoms. The molecule has 0 unspecified atom stereocenters. The molecule has 0 aliphatic carbocycles. The van der Waals surface area contributed by atoms with E-state index in [1.807, 2.05) is 30.3 Å². The van der Waals surface area contributed by atoms with Crippen molar-refractivity contribution in [1.29, 1.82) is 0 Å². The third-order valence-electron chi connectivity index (χ3n) is 7.39. The van der Waals surface area contributed by atoms with Crippen LogP contribution in [0.3, 0.4) is 0 Å². The first kappa shape index (κ1) is 26.3. The van der Waals surface area contributed by atoms with Crippen LogP contribution >= 0.6 is 0 Å². The molecule has 198 valence electrons. The molecule has 4 nitrogen and oxygen atoms in total. The summed E-state index contributed by atoms with van der Waals surface area (Å²) in [5.74, 6) is -0.487. The lowest BCUT2D eigenvalue weighted by atomic mass is 9.96. The van der Waals surface area contributed by atoms with Gasteiger partial charge in [-0.2, -0.15) is 5.10 Å². The first-order valence-electron chi connectivity index (χ1n) is 13.7. The molecule has 0 N–H and O–H groups in total. The molecule has 3 aromatic carbocycles. The van der Waals surface area contributed by atoms with E-state index in [-0.39, 0.29) is 17.7 Å². The summed E-state index contributed by atoms with van der Waals surface area (Å²) in [4.78, 5) is 4.96. The van der Waals surface area contributed by atoms with Crippen molar-refractivity contribution in [3.63, 3.8) is 0 Å². The second-order valence-electron chi connectivity index (χ2n) is 10.1. The maximum absolute atomic E-state index is 13.6. The fourth-order valence-electron chi connectivity index (χ4n) is 5.46. The van der Waals surface area contributed by atoms with E-state index in [2.05, 4.69) is 51.7 Å².